The van der Waals surface area contributed by atoms with Crippen LogP contribution in [0.1, 0.15) is 0 Å². The molecule has 2 aromatic rings. The molecule has 2 aromatic carbocycles. The Bertz CT molecular complexity index is 887. The number of hydrogen-bond acceptors (Lipinski definition) is 6. The highest BCUT2D eigenvalue weighted by Crippen LogP contribution is 2.53. The highest BCUT2D eigenvalue weighted by Gasteiger charge is 2.41. The van der Waals surface area contributed by atoms with Crippen molar-refractivity contribution in [1.29, 1.82) is 0 Å². The second-order valence-electron chi connectivity index (χ2n) is 5.98. The molecule has 0 saturated heterocycles. The largest absolute Gasteiger partial charge is 0.573 e. The van der Waals surface area contributed by atoms with Gasteiger partial charge >= 0.3 is 25.4 Å². The van der Waals surface area contributed by atoms with Crippen molar-refractivity contribution in [2.45, 2.75) is 25.4 Å². The minimum absolute atomic E-state index is 0.164. The molecule has 0 fully saturated rings. The fourth-order valence-electron chi connectivity index (χ4n) is 2.53. The van der Waals surface area contributed by atoms with Crippen molar-refractivity contribution in [3.8, 4) is 34.1 Å². The van der Waals surface area contributed by atoms with Crippen LogP contribution in [0.5, 0.6) is 23.0 Å². The van der Waals surface area contributed by atoms with Crippen LogP contribution in [-0.2, 0) is 0 Å². The number of hydrogen-bond donors (Lipinski definition) is 2. The molecule has 4 N–H and O–H groups in total. The van der Waals surface area contributed by atoms with Crippen LogP contribution < -0.4 is 30.4 Å². The summed E-state index contributed by atoms with van der Waals surface area (Å²) in [6.07, 6.45) is -22.8. The monoisotopic (exact) mass is 520 g/mol. The molecule has 0 spiro atoms. The molecule has 18 heteroatoms. The molecule has 0 unspecified atom stereocenters. The Morgan fingerprint density at radius 2 is 0.588 bits per heavy atom. The van der Waals surface area contributed by atoms with Crippen molar-refractivity contribution in [3.63, 3.8) is 0 Å². The van der Waals surface area contributed by atoms with Gasteiger partial charge in [-0.05, 0) is 0 Å². The van der Waals surface area contributed by atoms with Crippen LogP contribution in [-0.4, -0.2) is 25.4 Å². The highest BCUT2D eigenvalue weighted by atomic mass is 19.4. The molecule has 2 rings (SSSR count). The minimum Gasteiger partial charge on any atom is -0.405 e. The average Bonchev–Trinajstić information content (AvgIpc) is 2.50. The summed E-state index contributed by atoms with van der Waals surface area (Å²) in [7, 11) is 0. The van der Waals surface area contributed by atoms with Crippen LogP contribution in [0.15, 0.2) is 24.3 Å². The normalized spacial score (nSPS) is 12.9. The minimum atomic E-state index is -5.71. The van der Waals surface area contributed by atoms with Gasteiger partial charge in [-0.3, -0.25) is 0 Å². The third-order valence-corrected chi connectivity index (χ3v) is 3.33. The molecule has 0 aliphatic heterocycles. The number of rotatable bonds is 5. The standard InChI is InChI=1S/C16H8F12N2O4/c17-13(18,19)31-7-1-5(29)2-8(32-14(20,21)22)11(7)12-9(33-15(23,24)25)3-6(30)4-10(12)34-16(26,27)28/h1-4H,29-30H2. The molecule has 0 aliphatic carbocycles. The maximum atomic E-state index is 12.9. The molecule has 34 heavy (non-hydrogen) atoms. The maximum absolute atomic E-state index is 12.9. The second-order valence-corrected chi connectivity index (χ2v) is 5.98. The van der Waals surface area contributed by atoms with E-state index in [9.17, 15) is 52.7 Å². The van der Waals surface area contributed by atoms with E-state index in [4.69, 9.17) is 11.5 Å². The Balaban J connectivity index is 3.03. The summed E-state index contributed by atoms with van der Waals surface area (Å²) in [6, 6.07) is 0.655. The van der Waals surface area contributed by atoms with Crippen LogP contribution in [0, 0.1) is 0 Å². The van der Waals surface area contributed by atoms with Crippen LogP contribution >= 0.6 is 0 Å². The summed E-state index contributed by atoms with van der Waals surface area (Å²) in [6.45, 7) is 0. The number of nitrogens with two attached hydrogens (primary N) is 2. The first-order valence-electron chi connectivity index (χ1n) is 8.04. The Kier molecular flexibility index (Phi) is 6.77. The molecule has 0 radical (unpaired) electrons. The number of alkyl halides is 12. The van der Waals surface area contributed by atoms with Crippen molar-refractivity contribution in [2.75, 3.05) is 11.5 Å². The van der Waals surface area contributed by atoms with Gasteiger partial charge in [0.15, 0.2) is 0 Å². The quantitative estimate of drug-likeness (QED) is 0.365. The molecule has 0 saturated carbocycles. The Morgan fingerprint density at radius 1 is 0.412 bits per heavy atom. The molecule has 0 aliphatic rings. The van der Waals surface area contributed by atoms with Gasteiger partial charge in [0.2, 0.25) is 0 Å². The van der Waals surface area contributed by atoms with Crippen molar-refractivity contribution in [2.24, 2.45) is 0 Å². The molecule has 6 nitrogen and oxygen atoms in total. The van der Waals surface area contributed by atoms with Gasteiger partial charge in [-0.2, -0.15) is 0 Å². The summed E-state index contributed by atoms with van der Waals surface area (Å²) in [5, 5.41) is 0. The summed E-state index contributed by atoms with van der Waals surface area (Å²) in [4.78, 5) is 0. The van der Waals surface area contributed by atoms with Crippen LogP contribution in [0.4, 0.5) is 64.1 Å². The van der Waals surface area contributed by atoms with Crippen LogP contribution in [0.2, 0.25) is 0 Å². The first-order valence-corrected chi connectivity index (χ1v) is 8.04. The lowest BCUT2D eigenvalue weighted by atomic mass is 9.99. The lowest BCUT2D eigenvalue weighted by Crippen LogP contribution is -2.22. The third kappa shape index (κ3) is 7.77. The number of anilines is 2. The SMILES string of the molecule is Nc1cc(OC(F)(F)F)c(-c2c(OC(F)(F)F)cc(N)cc2OC(F)(F)F)c(OC(F)(F)F)c1. The fourth-order valence-corrected chi connectivity index (χ4v) is 2.53. The van der Waals surface area contributed by atoms with Crippen molar-refractivity contribution in [3.05, 3.63) is 24.3 Å². The summed E-state index contributed by atoms with van der Waals surface area (Å²) < 4.78 is 168. The van der Waals surface area contributed by atoms with Gasteiger partial charge < -0.3 is 30.4 Å². The molecule has 190 valence electrons. The van der Waals surface area contributed by atoms with Gasteiger partial charge in [0.25, 0.3) is 0 Å². The van der Waals surface area contributed by atoms with E-state index in [-0.39, 0.29) is 24.3 Å². The van der Waals surface area contributed by atoms with E-state index in [0.29, 0.717) is 0 Å². The van der Waals surface area contributed by atoms with Gasteiger partial charge in [-0.1, -0.05) is 0 Å². The zero-order chi connectivity index (χ0) is 26.3. The molecule has 0 amide bonds. The van der Waals surface area contributed by atoms with E-state index >= 15 is 0 Å². The summed E-state index contributed by atoms with van der Waals surface area (Å²) in [5.74, 6) is -7.13. The van der Waals surface area contributed by atoms with Crippen molar-refractivity contribution >= 4 is 11.4 Å². The predicted octanol–water partition coefficient (Wildman–Crippen LogP) is 6.11. The van der Waals surface area contributed by atoms with Crippen molar-refractivity contribution in [1.82, 2.24) is 0 Å². The van der Waals surface area contributed by atoms with Gasteiger partial charge in [-0.25, -0.2) is 0 Å². The fraction of sp³-hybridized carbons (Fsp3) is 0.250. The molecular weight excluding hydrogens is 512 g/mol. The Morgan fingerprint density at radius 3 is 0.735 bits per heavy atom. The summed E-state index contributed by atoms with van der Waals surface area (Å²) in [5.41, 5.74) is 5.14. The van der Waals surface area contributed by atoms with Crippen LogP contribution in [0.25, 0.3) is 11.1 Å². The van der Waals surface area contributed by atoms with E-state index in [1.807, 2.05) is 0 Å². The lowest BCUT2D eigenvalue weighted by Gasteiger charge is -2.23. The average molecular weight is 520 g/mol. The highest BCUT2D eigenvalue weighted by molar-refractivity contribution is 5.88. The molecule has 0 atom stereocenters. The second kappa shape index (κ2) is 8.64. The molecule has 0 heterocycles. The number of halogens is 12. The molecule has 0 aromatic heterocycles. The van der Waals surface area contributed by atoms with Crippen LogP contribution in [0.3, 0.4) is 0 Å². The lowest BCUT2D eigenvalue weighted by molar-refractivity contribution is -0.279. The smallest absolute Gasteiger partial charge is 0.405 e. The van der Waals surface area contributed by atoms with Gasteiger partial charge in [-0.15, -0.1) is 52.7 Å². The Hall–Kier alpha value is -3.60. The zero-order valence-electron chi connectivity index (χ0n) is 15.6. The van der Waals surface area contributed by atoms with Gasteiger partial charge in [0, 0.05) is 35.6 Å². The van der Waals surface area contributed by atoms with E-state index < -0.39 is 70.9 Å². The Labute approximate surface area is 179 Å². The number of ether oxygens (including phenoxy) is 4. The van der Waals surface area contributed by atoms with E-state index in [2.05, 4.69) is 18.9 Å². The third-order valence-electron chi connectivity index (χ3n) is 3.33. The zero-order valence-corrected chi connectivity index (χ0v) is 15.6. The first-order chi connectivity index (χ1) is 15.1. The molecule has 0 bridgehead atoms. The number of benzene rings is 2. The first kappa shape index (κ1) is 26.7. The van der Waals surface area contributed by atoms with Gasteiger partial charge in [0.1, 0.15) is 23.0 Å². The number of nitrogen functional groups attached to an aromatic ring is 2. The van der Waals surface area contributed by atoms with Gasteiger partial charge in [0.05, 0.1) is 11.1 Å². The molecular formula is C16H8F12N2O4. The predicted molar refractivity (Wildman–Crippen MR) is 87.4 cm³/mol. The topological polar surface area (TPSA) is 89.0 Å². The van der Waals surface area contributed by atoms with E-state index in [1.54, 1.807) is 0 Å². The van der Waals surface area contributed by atoms with E-state index in [0.717, 1.165) is 0 Å². The maximum Gasteiger partial charge on any atom is 0.573 e. The summed E-state index contributed by atoms with van der Waals surface area (Å²) >= 11 is 0. The van der Waals surface area contributed by atoms with E-state index in [1.165, 1.54) is 0 Å². The van der Waals surface area contributed by atoms with Crippen molar-refractivity contribution < 1.29 is 71.6 Å².